The summed E-state index contributed by atoms with van der Waals surface area (Å²) in [7, 11) is 0. The minimum atomic E-state index is -1.05. The number of benzene rings is 1. The summed E-state index contributed by atoms with van der Waals surface area (Å²) in [5.74, 6) is -1.05. The van der Waals surface area contributed by atoms with Gasteiger partial charge in [0.2, 0.25) is 0 Å². The molecule has 0 bridgehead atoms. The number of fused-ring (bicyclic) bond motifs is 2. The zero-order valence-electron chi connectivity index (χ0n) is 13.1. The van der Waals surface area contributed by atoms with Gasteiger partial charge in [0.05, 0.1) is 29.0 Å². The van der Waals surface area contributed by atoms with Gasteiger partial charge in [-0.3, -0.25) is 0 Å². The number of carboxylic acids is 1. The maximum absolute atomic E-state index is 11.5. The molecular weight excluding hydrogens is 320 g/mol. The Hall–Kier alpha value is -3.86. The van der Waals surface area contributed by atoms with Crippen molar-refractivity contribution in [3.8, 4) is 11.8 Å². The number of hydrogen-bond donors (Lipinski definition) is 2. The SMILES string of the molecule is Cc1c(C(=O)O)cn2ncc(C#N)c(-n3ncc4ccc(N)cc43)c12. The number of carbonyl (C=O) groups is 1. The van der Waals surface area contributed by atoms with Crippen molar-refractivity contribution < 1.29 is 9.90 Å². The number of rotatable bonds is 2. The Bertz CT molecular complexity index is 1210. The third kappa shape index (κ3) is 2.03. The molecule has 3 N–H and O–H groups in total. The van der Waals surface area contributed by atoms with E-state index in [1.54, 1.807) is 29.9 Å². The van der Waals surface area contributed by atoms with Gasteiger partial charge in [-0.1, -0.05) is 0 Å². The minimum absolute atomic E-state index is 0.125. The zero-order chi connectivity index (χ0) is 17.7. The van der Waals surface area contributed by atoms with Gasteiger partial charge < -0.3 is 10.8 Å². The molecule has 0 atom stereocenters. The largest absolute Gasteiger partial charge is 0.478 e. The van der Waals surface area contributed by atoms with Crippen LogP contribution in [0.5, 0.6) is 0 Å². The van der Waals surface area contributed by atoms with Crippen molar-refractivity contribution in [1.29, 1.82) is 5.26 Å². The molecule has 0 aliphatic carbocycles. The average molecular weight is 332 g/mol. The fraction of sp³-hybridized carbons (Fsp3) is 0.0588. The number of hydrogen-bond acceptors (Lipinski definition) is 5. The predicted molar refractivity (Wildman–Crippen MR) is 90.6 cm³/mol. The molecule has 122 valence electrons. The molecule has 0 saturated heterocycles. The number of nitrogen functional groups attached to an aromatic ring is 1. The van der Waals surface area contributed by atoms with Crippen LogP contribution in [-0.4, -0.2) is 30.5 Å². The molecular formula is C17H12N6O2. The van der Waals surface area contributed by atoms with Crippen molar-refractivity contribution in [2.24, 2.45) is 0 Å². The fourth-order valence-electron chi connectivity index (χ4n) is 2.99. The first-order valence-corrected chi connectivity index (χ1v) is 7.39. The number of nitrogens with two attached hydrogens (primary N) is 1. The Kier molecular flexibility index (Phi) is 2.99. The summed E-state index contributed by atoms with van der Waals surface area (Å²) >= 11 is 0. The van der Waals surface area contributed by atoms with Crippen LogP contribution in [-0.2, 0) is 0 Å². The van der Waals surface area contributed by atoms with E-state index in [2.05, 4.69) is 16.3 Å². The first-order valence-electron chi connectivity index (χ1n) is 7.39. The van der Waals surface area contributed by atoms with Crippen LogP contribution in [0.25, 0.3) is 22.1 Å². The van der Waals surface area contributed by atoms with E-state index in [1.165, 1.54) is 16.9 Å². The van der Waals surface area contributed by atoms with E-state index < -0.39 is 5.97 Å². The highest BCUT2D eigenvalue weighted by Gasteiger charge is 2.21. The lowest BCUT2D eigenvalue weighted by Gasteiger charge is -2.09. The van der Waals surface area contributed by atoms with E-state index in [1.807, 2.05) is 6.07 Å². The topological polar surface area (TPSA) is 122 Å². The molecule has 3 heterocycles. The molecule has 0 fully saturated rings. The summed E-state index contributed by atoms with van der Waals surface area (Å²) in [6.45, 7) is 1.69. The highest BCUT2D eigenvalue weighted by Crippen LogP contribution is 2.29. The van der Waals surface area contributed by atoms with E-state index in [0.717, 1.165) is 10.9 Å². The van der Waals surface area contributed by atoms with Crippen LogP contribution in [0.2, 0.25) is 0 Å². The first-order chi connectivity index (χ1) is 12.0. The molecule has 8 nitrogen and oxygen atoms in total. The van der Waals surface area contributed by atoms with Crippen molar-refractivity contribution in [1.82, 2.24) is 19.4 Å². The summed E-state index contributed by atoms with van der Waals surface area (Å²) in [6.07, 6.45) is 4.49. The predicted octanol–water partition coefficient (Wildman–Crippen LogP) is 2.13. The van der Waals surface area contributed by atoms with Crippen molar-refractivity contribution in [3.05, 3.63) is 53.5 Å². The molecule has 0 spiro atoms. The normalized spacial score (nSPS) is 11.0. The number of carboxylic acid groups (broad SMARTS) is 1. The van der Waals surface area contributed by atoms with E-state index in [-0.39, 0.29) is 11.1 Å². The smallest absolute Gasteiger partial charge is 0.337 e. The van der Waals surface area contributed by atoms with Crippen LogP contribution in [0.1, 0.15) is 21.5 Å². The molecule has 8 heteroatoms. The van der Waals surface area contributed by atoms with Crippen LogP contribution < -0.4 is 5.73 Å². The second kappa shape index (κ2) is 5.07. The van der Waals surface area contributed by atoms with Crippen LogP contribution in [0.3, 0.4) is 0 Å². The molecule has 0 unspecified atom stereocenters. The van der Waals surface area contributed by atoms with Gasteiger partial charge in [-0.25, -0.2) is 14.0 Å². The van der Waals surface area contributed by atoms with Gasteiger partial charge in [0.25, 0.3) is 0 Å². The van der Waals surface area contributed by atoms with Crippen LogP contribution in [0, 0.1) is 18.3 Å². The van der Waals surface area contributed by atoms with Crippen molar-refractivity contribution in [3.63, 3.8) is 0 Å². The number of anilines is 1. The van der Waals surface area contributed by atoms with E-state index >= 15 is 0 Å². The second-order valence-electron chi connectivity index (χ2n) is 5.66. The quantitative estimate of drug-likeness (QED) is 0.542. The standard InChI is InChI=1S/C17H12N6O2/c1-9-13(17(24)25)8-22-15(9)16(11(5-18)7-20-22)23-14-4-12(19)3-2-10(14)6-21-23/h2-4,6-8H,19H2,1H3,(H,24,25). The molecule has 4 aromatic rings. The molecule has 0 aliphatic heterocycles. The monoisotopic (exact) mass is 332 g/mol. The first kappa shape index (κ1) is 14.7. The Morgan fingerprint density at radius 2 is 2.12 bits per heavy atom. The van der Waals surface area contributed by atoms with Gasteiger partial charge >= 0.3 is 5.97 Å². The van der Waals surface area contributed by atoms with Gasteiger partial charge in [-0.05, 0) is 30.7 Å². The lowest BCUT2D eigenvalue weighted by atomic mass is 10.1. The molecule has 25 heavy (non-hydrogen) atoms. The van der Waals surface area contributed by atoms with Gasteiger partial charge in [-0.2, -0.15) is 15.5 Å². The van der Waals surface area contributed by atoms with Gasteiger partial charge in [0.15, 0.2) is 0 Å². The van der Waals surface area contributed by atoms with E-state index in [4.69, 9.17) is 5.73 Å². The van der Waals surface area contributed by atoms with E-state index in [9.17, 15) is 15.2 Å². The number of nitriles is 1. The number of aromatic nitrogens is 4. The van der Waals surface area contributed by atoms with Crippen molar-refractivity contribution in [2.45, 2.75) is 6.92 Å². The maximum atomic E-state index is 11.5. The highest BCUT2D eigenvalue weighted by molar-refractivity contribution is 5.94. The highest BCUT2D eigenvalue weighted by atomic mass is 16.4. The van der Waals surface area contributed by atoms with Crippen LogP contribution >= 0.6 is 0 Å². The van der Waals surface area contributed by atoms with Gasteiger partial charge in [0, 0.05) is 17.3 Å². The summed E-state index contributed by atoms with van der Waals surface area (Å²) in [5.41, 5.74) is 9.10. The molecule has 3 aromatic heterocycles. The Morgan fingerprint density at radius 1 is 1.32 bits per heavy atom. The molecule has 1 aromatic carbocycles. The number of aryl methyl sites for hydroxylation is 1. The van der Waals surface area contributed by atoms with Crippen LogP contribution in [0.4, 0.5) is 5.69 Å². The molecule has 0 radical (unpaired) electrons. The Balaban J connectivity index is 2.17. The zero-order valence-corrected chi connectivity index (χ0v) is 13.1. The lowest BCUT2D eigenvalue weighted by Crippen LogP contribution is -2.05. The average Bonchev–Trinajstić information content (AvgIpc) is 3.15. The van der Waals surface area contributed by atoms with Gasteiger partial charge in [0.1, 0.15) is 17.3 Å². The molecule has 0 saturated carbocycles. The minimum Gasteiger partial charge on any atom is -0.478 e. The van der Waals surface area contributed by atoms with Crippen molar-refractivity contribution >= 4 is 28.1 Å². The summed E-state index contributed by atoms with van der Waals surface area (Å²) in [5, 5.41) is 28.3. The third-order valence-corrected chi connectivity index (χ3v) is 4.19. The fourth-order valence-corrected chi connectivity index (χ4v) is 2.99. The van der Waals surface area contributed by atoms with Crippen molar-refractivity contribution in [2.75, 3.05) is 5.73 Å². The van der Waals surface area contributed by atoms with Crippen LogP contribution in [0.15, 0.2) is 36.8 Å². The molecule has 0 aliphatic rings. The summed E-state index contributed by atoms with van der Waals surface area (Å²) < 4.78 is 3.05. The third-order valence-electron chi connectivity index (χ3n) is 4.19. The Morgan fingerprint density at radius 3 is 2.84 bits per heavy atom. The summed E-state index contributed by atoms with van der Waals surface area (Å²) in [4.78, 5) is 11.5. The maximum Gasteiger partial charge on any atom is 0.337 e. The Labute approximate surface area is 141 Å². The lowest BCUT2D eigenvalue weighted by molar-refractivity contribution is 0.0696. The second-order valence-corrected chi connectivity index (χ2v) is 5.66. The number of aromatic carboxylic acids is 1. The molecule has 0 amide bonds. The van der Waals surface area contributed by atoms with Gasteiger partial charge in [-0.15, -0.1) is 0 Å². The molecule has 4 rings (SSSR count). The van der Waals surface area contributed by atoms with E-state index in [0.29, 0.717) is 22.5 Å². The summed E-state index contributed by atoms with van der Waals surface area (Å²) in [6, 6.07) is 7.48. The number of nitrogens with zero attached hydrogens (tertiary/aromatic N) is 5.